The van der Waals surface area contributed by atoms with Crippen LogP contribution < -0.4 is 5.73 Å². The standard InChI is InChI=1S/C13H18N2O3/c1-9(2)15(8-12(14)16)7-10-3-5-11(6-4-10)13(17)18/h3-6,9H,7-8H2,1-2H3,(H2,14,16)(H,17,18). The van der Waals surface area contributed by atoms with Gasteiger partial charge in [0.2, 0.25) is 5.91 Å². The number of nitrogens with zero attached hydrogens (tertiary/aromatic N) is 1. The average molecular weight is 250 g/mol. The summed E-state index contributed by atoms with van der Waals surface area (Å²) in [7, 11) is 0. The molecule has 0 aromatic heterocycles. The lowest BCUT2D eigenvalue weighted by Crippen LogP contribution is -2.37. The van der Waals surface area contributed by atoms with Crippen molar-refractivity contribution in [3.63, 3.8) is 0 Å². The first kappa shape index (κ1) is 14.2. The van der Waals surface area contributed by atoms with E-state index >= 15 is 0 Å². The molecule has 0 saturated carbocycles. The van der Waals surface area contributed by atoms with Gasteiger partial charge in [-0.15, -0.1) is 0 Å². The second-order valence-corrected chi connectivity index (χ2v) is 4.47. The van der Waals surface area contributed by atoms with Crippen LogP contribution in [-0.2, 0) is 11.3 Å². The summed E-state index contributed by atoms with van der Waals surface area (Å²) in [5, 5.41) is 8.79. The Balaban J connectivity index is 2.74. The molecule has 5 nitrogen and oxygen atoms in total. The summed E-state index contributed by atoms with van der Waals surface area (Å²) in [6.07, 6.45) is 0. The number of aromatic carboxylic acids is 1. The van der Waals surface area contributed by atoms with E-state index in [2.05, 4.69) is 0 Å². The predicted molar refractivity (Wildman–Crippen MR) is 68.1 cm³/mol. The molecule has 0 saturated heterocycles. The molecule has 0 aliphatic carbocycles. The Morgan fingerprint density at radius 2 is 1.83 bits per heavy atom. The summed E-state index contributed by atoms with van der Waals surface area (Å²) in [6, 6.07) is 6.80. The van der Waals surface area contributed by atoms with E-state index in [-0.39, 0.29) is 24.1 Å². The second-order valence-electron chi connectivity index (χ2n) is 4.47. The lowest BCUT2D eigenvalue weighted by molar-refractivity contribution is -0.119. The van der Waals surface area contributed by atoms with E-state index in [0.717, 1.165) is 5.56 Å². The molecule has 0 spiro atoms. The summed E-state index contributed by atoms with van der Waals surface area (Å²) in [6.45, 7) is 4.72. The Kier molecular flexibility index (Phi) is 4.85. The number of carbonyl (C=O) groups excluding carboxylic acids is 1. The summed E-state index contributed by atoms with van der Waals surface area (Å²) < 4.78 is 0. The first-order valence-electron chi connectivity index (χ1n) is 5.74. The van der Waals surface area contributed by atoms with Gasteiger partial charge in [-0.3, -0.25) is 9.69 Å². The minimum atomic E-state index is -0.945. The molecule has 0 aliphatic rings. The third-order valence-electron chi connectivity index (χ3n) is 2.68. The number of rotatable bonds is 6. The third-order valence-corrected chi connectivity index (χ3v) is 2.68. The zero-order valence-electron chi connectivity index (χ0n) is 10.6. The molecular formula is C13H18N2O3. The summed E-state index contributed by atoms with van der Waals surface area (Å²) >= 11 is 0. The van der Waals surface area contributed by atoms with Crippen molar-refractivity contribution in [3.05, 3.63) is 35.4 Å². The summed E-state index contributed by atoms with van der Waals surface area (Å²) in [4.78, 5) is 23.6. The van der Waals surface area contributed by atoms with Crippen LogP contribution in [0.25, 0.3) is 0 Å². The number of benzene rings is 1. The number of carboxylic acids is 1. The van der Waals surface area contributed by atoms with Gasteiger partial charge in [-0.1, -0.05) is 12.1 Å². The second kappa shape index (κ2) is 6.16. The molecule has 1 aromatic carbocycles. The van der Waals surface area contributed by atoms with Crippen LogP contribution >= 0.6 is 0 Å². The molecular weight excluding hydrogens is 232 g/mol. The Bertz CT molecular complexity index is 426. The molecule has 0 fully saturated rings. The monoisotopic (exact) mass is 250 g/mol. The fourth-order valence-corrected chi connectivity index (χ4v) is 1.61. The van der Waals surface area contributed by atoms with Gasteiger partial charge in [-0.25, -0.2) is 4.79 Å². The van der Waals surface area contributed by atoms with Crippen molar-refractivity contribution in [2.75, 3.05) is 6.54 Å². The number of carbonyl (C=O) groups is 2. The first-order chi connectivity index (χ1) is 8.40. The maximum atomic E-state index is 11.0. The molecule has 0 unspecified atom stereocenters. The molecule has 0 bridgehead atoms. The normalized spacial score (nSPS) is 10.9. The van der Waals surface area contributed by atoms with Crippen molar-refractivity contribution in [1.82, 2.24) is 4.90 Å². The molecule has 1 amide bonds. The van der Waals surface area contributed by atoms with Crippen LogP contribution in [0.5, 0.6) is 0 Å². The largest absolute Gasteiger partial charge is 0.478 e. The Morgan fingerprint density at radius 3 is 2.22 bits per heavy atom. The van der Waals surface area contributed by atoms with Gasteiger partial charge in [0, 0.05) is 12.6 Å². The molecule has 0 atom stereocenters. The number of primary amides is 1. The van der Waals surface area contributed by atoms with Gasteiger partial charge in [0.1, 0.15) is 0 Å². The van der Waals surface area contributed by atoms with Crippen LogP contribution in [0.2, 0.25) is 0 Å². The van der Waals surface area contributed by atoms with Gasteiger partial charge in [-0.05, 0) is 31.5 Å². The van der Waals surface area contributed by atoms with E-state index in [4.69, 9.17) is 10.8 Å². The van der Waals surface area contributed by atoms with Gasteiger partial charge < -0.3 is 10.8 Å². The zero-order valence-corrected chi connectivity index (χ0v) is 10.6. The van der Waals surface area contributed by atoms with E-state index in [1.54, 1.807) is 24.3 Å². The fourth-order valence-electron chi connectivity index (χ4n) is 1.61. The van der Waals surface area contributed by atoms with E-state index in [1.807, 2.05) is 18.7 Å². The van der Waals surface area contributed by atoms with Crippen molar-refractivity contribution in [2.45, 2.75) is 26.4 Å². The lowest BCUT2D eigenvalue weighted by Gasteiger charge is -2.24. The molecule has 98 valence electrons. The van der Waals surface area contributed by atoms with Crippen LogP contribution in [0.3, 0.4) is 0 Å². The van der Waals surface area contributed by atoms with Gasteiger partial charge in [0.25, 0.3) is 0 Å². The summed E-state index contributed by atoms with van der Waals surface area (Å²) in [5.41, 5.74) is 6.40. The van der Waals surface area contributed by atoms with Gasteiger partial charge in [-0.2, -0.15) is 0 Å². The molecule has 18 heavy (non-hydrogen) atoms. The Hall–Kier alpha value is -1.88. The molecule has 0 heterocycles. The highest BCUT2D eigenvalue weighted by Gasteiger charge is 2.13. The smallest absolute Gasteiger partial charge is 0.335 e. The molecule has 5 heteroatoms. The van der Waals surface area contributed by atoms with Crippen LogP contribution in [0.1, 0.15) is 29.8 Å². The van der Waals surface area contributed by atoms with Crippen molar-refractivity contribution in [1.29, 1.82) is 0 Å². The number of hydrogen-bond donors (Lipinski definition) is 2. The maximum Gasteiger partial charge on any atom is 0.335 e. The number of carboxylic acid groups (broad SMARTS) is 1. The van der Waals surface area contributed by atoms with E-state index in [1.165, 1.54) is 0 Å². The molecule has 0 aliphatic heterocycles. The van der Waals surface area contributed by atoms with E-state index < -0.39 is 5.97 Å². The predicted octanol–water partition coefficient (Wildman–Crippen LogP) is 1.08. The van der Waals surface area contributed by atoms with Crippen LogP contribution in [-0.4, -0.2) is 34.5 Å². The van der Waals surface area contributed by atoms with Crippen LogP contribution in [0, 0.1) is 0 Å². The Labute approximate surface area is 106 Å². The van der Waals surface area contributed by atoms with E-state index in [9.17, 15) is 9.59 Å². The SMILES string of the molecule is CC(C)N(CC(N)=O)Cc1ccc(C(=O)O)cc1. The Morgan fingerprint density at radius 1 is 1.28 bits per heavy atom. The van der Waals surface area contributed by atoms with Crippen molar-refractivity contribution in [2.24, 2.45) is 5.73 Å². The number of hydrogen-bond acceptors (Lipinski definition) is 3. The zero-order chi connectivity index (χ0) is 13.7. The maximum absolute atomic E-state index is 11.0. The quantitative estimate of drug-likeness (QED) is 0.791. The minimum Gasteiger partial charge on any atom is -0.478 e. The molecule has 0 radical (unpaired) electrons. The minimum absolute atomic E-state index is 0.191. The van der Waals surface area contributed by atoms with Crippen molar-refractivity contribution < 1.29 is 14.7 Å². The van der Waals surface area contributed by atoms with Gasteiger partial charge in [0.15, 0.2) is 0 Å². The molecule has 1 aromatic rings. The van der Waals surface area contributed by atoms with Crippen molar-refractivity contribution >= 4 is 11.9 Å². The van der Waals surface area contributed by atoms with Gasteiger partial charge >= 0.3 is 5.97 Å². The van der Waals surface area contributed by atoms with Gasteiger partial charge in [0.05, 0.1) is 12.1 Å². The van der Waals surface area contributed by atoms with Crippen molar-refractivity contribution in [3.8, 4) is 0 Å². The number of nitrogens with two attached hydrogens (primary N) is 1. The fraction of sp³-hybridized carbons (Fsp3) is 0.385. The highest BCUT2D eigenvalue weighted by atomic mass is 16.4. The highest BCUT2D eigenvalue weighted by molar-refractivity contribution is 5.87. The molecule has 3 N–H and O–H groups in total. The average Bonchev–Trinajstić information content (AvgIpc) is 2.28. The third kappa shape index (κ3) is 4.18. The summed E-state index contributed by atoms with van der Waals surface area (Å²) in [5.74, 6) is -1.31. The first-order valence-corrected chi connectivity index (χ1v) is 5.74. The molecule has 1 rings (SSSR count). The van der Waals surface area contributed by atoms with E-state index in [0.29, 0.717) is 6.54 Å². The lowest BCUT2D eigenvalue weighted by atomic mass is 10.1. The topological polar surface area (TPSA) is 83.6 Å². The van der Waals surface area contributed by atoms with Crippen LogP contribution in [0.4, 0.5) is 0 Å². The van der Waals surface area contributed by atoms with Crippen LogP contribution in [0.15, 0.2) is 24.3 Å². The number of amides is 1. The highest BCUT2D eigenvalue weighted by Crippen LogP contribution is 2.10.